The molecule has 0 aliphatic heterocycles. The lowest BCUT2D eigenvalue weighted by Gasteiger charge is -2.17. The lowest BCUT2D eigenvalue weighted by atomic mass is 10.2. The van der Waals surface area contributed by atoms with Gasteiger partial charge in [-0.3, -0.25) is 0 Å². The molecule has 0 aliphatic carbocycles. The standard InChI is InChI=1S/C9H15F3N2/c1-8(6-13)7-14(2)5-3-4-9(10,11)12/h8H,3-5,7H2,1-2H3. The summed E-state index contributed by atoms with van der Waals surface area (Å²) >= 11 is 0. The van der Waals surface area contributed by atoms with Crippen LogP contribution in [0.2, 0.25) is 0 Å². The molecule has 1 atom stereocenters. The maximum atomic E-state index is 11.8. The fourth-order valence-electron chi connectivity index (χ4n) is 1.15. The quantitative estimate of drug-likeness (QED) is 0.693. The van der Waals surface area contributed by atoms with Crippen LogP contribution in [0.5, 0.6) is 0 Å². The molecule has 2 nitrogen and oxygen atoms in total. The number of nitrogens with zero attached hydrogens (tertiary/aromatic N) is 2. The molecular weight excluding hydrogens is 193 g/mol. The first-order chi connectivity index (χ1) is 6.35. The minimum atomic E-state index is -4.07. The first-order valence-electron chi connectivity index (χ1n) is 4.50. The molecule has 0 amide bonds. The van der Waals surface area contributed by atoms with Crippen molar-refractivity contribution in [3.63, 3.8) is 0 Å². The number of alkyl halides is 3. The predicted octanol–water partition coefficient (Wildman–Crippen LogP) is 2.42. The predicted molar refractivity (Wildman–Crippen MR) is 47.6 cm³/mol. The number of nitriles is 1. The average Bonchev–Trinajstić information content (AvgIpc) is 2.01. The molecule has 0 heterocycles. The summed E-state index contributed by atoms with van der Waals surface area (Å²) in [5.74, 6) is -0.133. The van der Waals surface area contributed by atoms with Gasteiger partial charge in [0.2, 0.25) is 0 Å². The summed E-state index contributed by atoms with van der Waals surface area (Å²) in [4.78, 5) is 1.75. The van der Waals surface area contributed by atoms with Gasteiger partial charge in [-0.1, -0.05) is 0 Å². The van der Waals surface area contributed by atoms with Crippen molar-refractivity contribution < 1.29 is 13.2 Å². The Hall–Kier alpha value is -0.760. The number of hydrogen-bond acceptors (Lipinski definition) is 2. The molecule has 0 saturated heterocycles. The van der Waals surface area contributed by atoms with Crippen LogP contribution in [0, 0.1) is 17.2 Å². The molecule has 0 fully saturated rings. The third-order valence-electron chi connectivity index (χ3n) is 1.81. The largest absolute Gasteiger partial charge is 0.389 e. The molecule has 1 unspecified atom stereocenters. The Morgan fingerprint density at radius 2 is 2.00 bits per heavy atom. The van der Waals surface area contributed by atoms with Gasteiger partial charge in [-0.15, -0.1) is 0 Å². The molecule has 0 aromatic carbocycles. The van der Waals surface area contributed by atoms with Crippen molar-refractivity contribution in [1.82, 2.24) is 4.90 Å². The van der Waals surface area contributed by atoms with Gasteiger partial charge in [0.1, 0.15) is 0 Å². The molecule has 0 spiro atoms. The van der Waals surface area contributed by atoms with E-state index in [1.54, 1.807) is 18.9 Å². The summed E-state index contributed by atoms with van der Waals surface area (Å²) in [6.45, 7) is 2.65. The van der Waals surface area contributed by atoms with Crippen molar-refractivity contribution in [1.29, 1.82) is 5.26 Å². The summed E-state index contributed by atoms with van der Waals surface area (Å²) in [6, 6.07) is 2.04. The third kappa shape index (κ3) is 7.87. The minimum absolute atomic E-state index is 0.0954. The van der Waals surface area contributed by atoms with Gasteiger partial charge in [-0.25, -0.2) is 0 Å². The molecule has 14 heavy (non-hydrogen) atoms. The first-order valence-corrected chi connectivity index (χ1v) is 4.50. The van der Waals surface area contributed by atoms with Crippen LogP contribution in [0.25, 0.3) is 0 Å². The Morgan fingerprint density at radius 3 is 2.43 bits per heavy atom. The van der Waals surface area contributed by atoms with Crippen molar-refractivity contribution in [2.24, 2.45) is 5.92 Å². The molecule has 5 heteroatoms. The number of halogens is 3. The van der Waals surface area contributed by atoms with Gasteiger partial charge in [0.05, 0.1) is 12.0 Å². The monoisotopic (exact) mass is 208 g/mol. The van der Waals surface area contributed by atoms with Gasteiger partial charge in [-0.2, -0.15) is 18.4 Å². The molecule has 0 aromatic heterocycles. The zero-order valence-electron chi connectivity index (χ0n) is 8.43. The van der Waals surface area contributed by atoms with Crippen LogP contribution in [0.4, 0.5) is 13.2 Å². The van der Waals surface area contributed by atoms with E-state index < -0.39 is 12.6 Å². The molecule has 0 saturated carbocycles. The van der Waals surface area contributed by atoms with Crippen LogP contribution in [-0.2, 0) is 0 Å². The fraction of sp³-hybridized carbons (Fsp3) is 0.889. The van der Waals surface area contributed by atoms with E-state index in [9.17, 15) is 13.2 Å². The van der Waals surface area contributed by atoms with Crippen molar-refractivity contribution in [3.05, 3.63) is 0 Å². The van der Waals surface area contributed by atoms with Gasteiger partial charge in [0, 0.05) is 13.0 Å². The maximum absolute atomic E-state index is 11.8. The molecule has 0 bridgehead atoms. The fourth-order valence-corrected chi connectivity index (χ4v) is 1.15. The lowest BCUT2D eigenvalue weighted by Crippen LogP contribution is -2.25. The van der Waals surface area contributed by atoms with E-state index in [0.29, 0.717) is 13.1 Å². The summed E-state index contributed by atoms with van der Waals surface area (Å²) in [5, 5.41) is 8.48. The van der Waals surface area contributed by atoms with Crippen LogP contribution in [0.3, 0.4) is 0 Å². The highest BCUT2D eigenvalue weighted by Crippen LogP contribution is 2.21. The zero-order chi connectivity index (χ0) is 11.2. The number of rotatable bonds is 5. The van der Waals surface area contributed by atoms with Crippen LogP contribution < -0.4 is 0 Å². The highest BCUT2D eigenvalue weighted by Gasteiger charge is 2.26. The third-order valence-corrected chi connectivity index (χ3v) is 1.81. The summed E-state index contributed by atoms with van der Waals surface area (Å²) in [7, 11) is 1.73. The Morgan fingerprint density at radius 1 is 1.43 bits per heavy atom. The van der Waals surface area contributed by atoms with E-state index in [-0.39, 0.29) is 12.3 Å². The van der Waals surface area contributed by atoms with Crippen molar-refractivity contribution >= 4 is 0 Å². The molecule has 0 rings (SSSR count). The smallest absolute Gasteiger partial charge is 0.305 e. The van der Waals surface area contributed by atoms with Crippen molar-refractivity contribution in [3.8, 4) is 6.07 Å². The van der Waals surface area contributed by atoms with Crippen LogP contribution in [-0.4, -0.2) is 31.2 Å². The SMILES string of the molecule is CC(C#N)CN(C)CCCC(F)(F)F. The summed E-state index contributed by atoms with van der Waals surface area (Å²) in [6.07, 6.45) is -4.72. The molecule has 0 radical (unpaired) electrons. The molecule has 82 valence electrons. The Balaban J connectivity index is 3.56. The van der Waals surface area contributed by atoms with E-state index in [1.807, 2.05) is 6.07 Å². The van der Waals surface area contributed by atoms with Gasteiger partial charge in [-0.05, 0) is 26.9 Å². The summed E-state index contributed by atoms with van der Waals surface area (Å²) in [5.41, 5.74) is 0. The zero-order valence-corrected chi connectivity index (χ0v) is 8.43. The van der Waals surface area contributed by atoms with Gasteiger partial charge in [0.15, 0.2) is 0 Å². The molecule has 0 N–H and O–H groups in total. The van der Waals surface area contributed by atoms with Crippen molar-refractivity contribution in [2.45, 2.75) is 25.9 Å². The molecule has 0 aromatic rings. The Bertz CT molecular complexity index is 195. The minimum Gasteiger partial charge on any atom is -0.305 e. The second-order valence-electron chi connectivity index (χ2n) is 3.51. The van der Waals surface area contributed by atoms with E-state index in [2.05, 4.69) is 0 Å². The molecule has 0 aliphatic rings. The van der Waals surface area contributed by atoms with Crippen LogP contribution >= 0.6 is 0 Å². The Labute approximate surface area is 82.3 Å². The molecular formula is C9H15F3N2. The normalized spacial score (nSPS) is 14.1. The van der Waals surface area contributed by atoms with Gasteiger partial charge < -0.3 is 4.90 Å². The highest BCUT2D eigenvalue weighted by atomic mass is 19.4. The van der Waals surface area contributed by atoms with E-state index in [1.165, 1.54) is 0 Å². The van der Waals surface area contributed by atoms with E-state index in [4.69, 9.17) is 5.26 Å². The number of hydrogen-bond donors (Lipinski definition) is 0. The summed E-state index contributed by atoms with van der Waals surface area (Å²) < 4.78 is 35.3. The lowest BCUT2D eigenvalue weighted by molar-refractivity contribution is -0.136. The Kier molecular flexibility index (Phi) is 5.55. The highest BCUT2D eigenvalue weighted by molar-refractivity contribution is 4.80. The van der Waals surface area contributed by atoms with E-state index >= 15 is 0 Å². The van der Waals surface area contributed by atoms with Gasteiger partial charge in [0.25, 0.3) is 0 Å². The topological polar surface area (TPSA) is 27.0 Å². The second kappa shape index (κ2) is 5.86. The average molecular weight is 208 g/mol. The van der Waals surface area contributed by atoms with Crippen LogP contribution in [0.15, 0.2) is 0 Å². The van der Waals surface area contributed by atoms with Gasteiger partial charge >= 0.3 is 6.18 Å². The van der Waals surface area contributed by atoms with Crippen LogP contribution in [0.1, 0.15) is 19.8 Å². The van der Waals surface area contributed by atoms with Crippen molar-refractivity contribution in [2.75, 3.05) is 20.1 Å². The van der Waals surface area contributed by atoms with E-state index in [0.717, 1.165) is 0 Å². The second-order valence-corrected chi connectivity index (χ2v) is 3.51. The first kappa shape index (κ1) is 13.2. The maximum Gasteiger partial charge on any atom is 0.389 e.